The standard InChI is InChI=1S/C19H15F3/c20-19(21,22)18-7-3-6-14-16-9-8-12-4-1-2-5-13(12)15(16)10-11-17(14)18/h1-2,4-5,8,10-11H,3,6-7,9H2. The summed E-state index contributed by atoms with van der Waals surface area (Å²) in [7, 11) is 0. The zero-order valence-corrected chi connectivity index (χ0v) is 12.0. The third kappa shape index (κ3) is 1.99. The van der Waals surface area contributed by atoms with Gasteiger partial charge in [0, 0.05) is 5.57 Å². The number of hydrogen-bond acceptors (Lipinski definition) is 0. The van der Waals surface area contributed by atoms with Gasteiger partial charge in [-0.3, -0.25) is 0 Å². The van der Waals surface area contributed by atoms with Crippen molar-refractivity contribution in [2.24, 2.45) is 0 Å². The summed E-state index contributed by atoms with van der Waals surface area (Å²) >= 11 is 0. The molecule has 0 amide bonds. The number of benzene rings is 2. The largest absolute Gasteiger partial charge is 0.413 e. The molecule has 0 fully saturated rings. The molecule has 0 saturated carbocycles. The van der Waals surface area contributed by atoms with E-state index in [1.165, 1.54) is 5.22 Å². The lowest BCUT2D eigenvalue weighted by molar-refractivity contribution is -0.0731. The topological polar surface area (TPSA) is 0 Å². The second kappa shape index (κ2) is 4.73. The SMILES string of the molecule is FC(F)(F)C1=c2ccc3c(c2CCC1)CC=c1ccccc1=3. The molecule has 0 radical (unpaired) electrons. The second-order valence-corrected chi connectivity index (χ2v) is 5.94. The van der Waals surface area contributed by atoms with Gasteiger partial charge in [0.1, 0.15) is 0 Å². The zero-order chi connectivity index (χ0) is 15.3. The molecule has 0 nitrogen and oxygen atoms in total. The predicted octanol–water partition coefficient (Wildman–Crippen LogP) is 3.36. The van der Waals surface area contributed by atoms with Crippen LogP contribution in [0.3, 0.4) is 0 Å². The van der Waals surface area contributed by atoms with E-state index in [-0.39, 0.29) is 12.0 Å². The van der Waals surface area contributed by atoms with E-state index in [0.29, 0.717) is 11.6 Å². The first kappa shape index (κ1) is 13.6. The van der Waals surface area contributed by atoms with Crippen molar-refractivity contribution in [3.8, 4) is 0 Å². The molecule has 0 aliphatic heterocycles. The highest BCUT2D eigenvalue weighted by molar-refractivity contribution is 5.57. The van der Waals surface area contributed by atoms with Gasteiger partial charge in [0.2, 0.25) is 0 Å². The van der Waals surface area contributed by atoms with E-state index in [4.69, 9.17) is 0 Å². The highest BCUT2D eigenvalue weighted by Crippen LogP contribution is 2.33. The molecule has 0 unspecified atom stereocenters. The van der Waals surface area contributed by atoms with Crippen LogP contribution in [0.1, 0.15) is 24.0 Å². The Morgan fingerprint density at radius 2 is 1.55 bits per heavy atom. The van der Waals surface area contributed by atoms with Crippen LogP contribution in [0.25, 0.3) is 11.6 Å². The van der Waals surface area contributed by atoms with Gasteiger partial charge < -0.3 is 0 Å². The normalized spacial score (nSPS) is 16.4. The molecule has 0 aromatic heterocycles. The minimum atomic E-state index is -4.22. The monoisotopic (exact) mass is 300 g/mol. The number of fused-ring (bicyclic) bond motifs is 4. The van der Waals surface area contributed by atoms with Gasteiger partial charge >= 0.3 is 6.18 Å². The molecule has 0 saturated heterocycles. The molecule has 0 atom stereocenters. The van der Waals surface area contributed by atoms with Crippen molar-refractivity contribution in [3.63, 3.8) is 0 Å². The first-order chi connectivity index (χ1) is 10.6. The third-order valence-electron chi connectivity index (χ3n) is 4.73. The minimum Gasteiger partial charge on any atom is -0.166 e. The van der Waals surface area contributed by atoms with Gasteiger partial charge in [0.05, 0.1) is 0 Å². The van der Waals surface area contributed by atoms with E-state index in [2.05, 4.69) is 12.1 Å². The summed E-state index contributed by atoms with van der Waals surface area (Å²) in [4.78, 5) is 0. The predicted molar refractivity (Wildman–Crippen MR) is 80.4 cm³/mol. The molecule has 0 heterocycles. The lowest BCUT2D eigenvalue weighted by atomic mass is 9.86. The van der Waals surface area contributed by atoms with Crippen molar-refractivity contribution in [1.29, 1.82) is 0 Å². The second-order valence-electron chi connectivity index (χ2n) is 5.94. The maximum atomic E-state index is 13.2. The Morgan fingerprint density at radius 1 is 0.773 bits per heavy atom. The Morgan fingerprint density at radius 3 is 2.36 bits per heavy atom. The maximum absolute atomic E-state index is 13.2. The van der Waals surface area contributed by atoms with Crippen LogP contribution in [0, 0.1) is 10.4 Å². The van der Waals surface area contributed by atoms with Gasteiger partial charge in [-0.1, -0.05) is 42.5 Å². The van der Waals surface area contributed by atoms with Crippen LogP contribution >= 0.6 is 0 Å². The first-order valence-corrected chi connectivity index (χ1v) is 7.56. The van der Waals surface area contributed by atoms with E-state index in [0.717, 1.165) is 34.4 Å². The number of alkyl halides is 3. The molecule has 2 aromatic rings. The molecule has 0 N–H and O–H groups in total. The smallest absolute Gasteiger partial charge is 0.166 e. The van der Waals surface area contributed by atoms with Crippen LogP contribution in [-0.4, -0.2) is 6.18 Å². The van der Waals surface area contributed by atoms with Crippen molar-refractivity contribution in [1.82, 2.24) is 0 Å². The Bertz CT molecular complexity index is 965. The van der Waals surface area contributed by atoms with Gasteiger partial charge in [0.15, 0.2) is 0 Å². The average Bonchev–Trinajstić information content (AvgIpc) is 2.52. The van der Waals surface area contributed by atoms with Gasteiger partial charge in [-0.2, -0.15) is 13.2 Å². The average molecular weight is 300 g/mol. The van der Waals surface area contributed by atoms with Crippen LogP contribution in [0.5, 0.6) is 0 Å². The molecule has 3 heteroatoms. The van der Waals surface area contributed by atoms with Crippen molar-refractivity contribution < 1.29 is 13.2 Å². The fourth-order valence-corrected chi connectivity index (χ4v) is 3.75. The van der Waals surface area contributed by atoms with Crippen LogP contribution in [-0.2, 0) is 12.8 Å². The maximum Gasteiger partial charge on any atom is 0.413 e. The molecule has 4 rings (SSSR count). The lowest BCUT2D eigenvalue weighted by Gasteiger charge is -2.21. The highest BCUT2D eigenvalue weighted by Gasteiger charge is 2.35. The van der Waals surface area contributed by atoms with Crippen LogP contribution in [0.15, 0.2) is 36.4 Å². The molecule has 0 bridgehead atoms. The van der Waals surface area contributed by atoms with Gasteiger partial charge in [-0.15, -0.1) is 0 Å². The quantitative estimate of drug-likeness (QED) is 0.700. The fraction of sp³-hybridized carbons (Fsp3) is 0.263. The molecule has 2 aliphatic rings. The highest BCUT2D eigenvalue weighted by atomic mass is 19.4. The summed E-state index contributed by atoms with van der Waals surface area (Å²) < 4.78 is 39.7. The molecule has 2 aromatic carbocycles. The molecule has 22 heavy (non-hydrogen) atoms. The number of hydrogen-bond donors (Lipinski definition) is 0. The van der Waals surface area contributed by atoms with Gasteiger partial charge in [-0.25, -0.2) is 0 Å². The van der Waals surface area contributed by atoms with E-state index >= 15 is 0 Å². The molecule has 112 valence electrons. The lowest BCUT2D eigenvalue weighted by Crippen LogP contribution is -2.28. The van der Waals surface area contributed by atoms with Crippen LogP contribution in [0.2, 0.25) is 0 Å². The first-order valence-electron chi connectivity index (χ1n) is 7.56. The Hall–Kier alpha value is -2.03. The molecule has 0 spiro atoms. The summed E-state index contributed by atoms with van der Waals surface area (Å²) in [6, 6.07) is 11.6. The fourth-order valence-electron chi connectivity index (χ4n) is 3.75. The Balaban J connectivity index is 2.17. The van der Waals surface area contributed by atoms with Crippen molar-refractivity contribution >= 4 is 11.6 Å². The summed E-state index contributed by atoms with van der Waals surface area (Å²) in [6.07, 6.45) is 0.0871. The van der Waals surface area contributed by atoms with Crippen LogP contribution in [0.4, 0.5) is 13.2 Å². The van der Waals surface area contributed by atoms with Crippen molar-refractivity contribution in [2.75, 3.05) is 0 Å². The Kier molecular flexibility index (Phi) is 2.93. The zero-order valence-electron chi connectivity index (χ0n) is 12.0. The Labute approximate surface area is 125 Å². The molecular weight excluding hydrogens is 285 g/mol. The van der Waals surface area contributed by atoms with E-state index in [1.807, 2.05) is 24.3 Å². The third-order valence-corrected chi connectivity index (χ3v) is 4.73. The molecule has 2 aliphatic carbocycles. The van der Waals surface area contributed by atoms with Crippen LogP contribution < -0.4 is 10.4 Å². The molecular formula is C19H15F3. The summed E-state index contributed by atoms with van der Waals surface area (Å²) in [5.74, 6) is 0. The van der Waals surface area contributed by atoms with Gasteiger partial charge in [-0.05, 0) is 57.7 Å². The number of halogens is 3. The van der Waals surface area contributed by atoms with E-state index < -0.39 is 6.18 Å². The summed E-state index contributed by atoms with van der Waals surface area (Å²) in [5.41, 5.74) is 1.63. The van der Waals surface area contributed by atoms with E-state index in [1.54, 1.807) is 6.07 Å². The van der Waals surface area contributed by atoms with Crippen molar-refractivity contribution in [3.05, 3.63) is 68.4 Å². The van der Waals surface area contributed by atoms with Gasteiger partial charge in [0.25, 0.3) is 0 Å². The van der Waals surface area contributed by atoms with E-state index in [9.17, 15) is 13.2 Å². The summed E-state index contributed by atoms with van der Waals surface area (Å²) in [5, 5.41) is 3.82. The van der Waals surface area contributed by atoms with Crippen molar-refractivity contribution in [2.45, 2.75) is 31.9 Å². The summed E-state index contributed by atoms with van der Waals surface area (Å²) in [6.45, 7) is 0. The minimum absolute atomic E-state index is 0.135. The number of rotatable bonds is 0.